The Balaban J connectivity index is 1.78. The number of thiocarbonyl (C=S) groups is 1. The van der Waals surface area contributed by atoms with E-state index in [1.807, 2.05) is 0 Å². The number of hydrogen-bond donors (Lipinski definition) is 3. The van der Waals surface area contributed by atoms with Gasteiger partial charge in [0.15, 0.2) is 0 Å². The molecule has 3 nitrogen and oxygen atoms in total. The van der Waals surface area contributed by atoms with E-state index in [0.29, 0.717) is 23.0 Å². The highest BCUT2D eigenvalue weighted by molar-refractivity contribution is 7.80. The third-order valence-corrected chi connectivity index (χ3v) is 6.81. The SMILES string of the molecule is CC(=S)N[C@@H](Cc1cc(F)cc(F)c1)[C@H](O)CNC1(c2cccc(C(C)C)c2)CCCCC1. The van der Waals surface area contributed by atoms with E-state index in [1.165, 1.54) is 29.7 Å². The van der Waals surface area contributed by atoms with Gasteiger partial charge in [-0.3, -0.25) is 0 Å². The average molecular weight is 475 g/mol. The molecule has 2 aromatic rings. The van der Waals surface area contributed by atoms with Crippen LogP contribution in [0.3, 0.4) is 0 Å². The van der Waals surface area contributed by atoms with Crippen molar-refractivity contribution >= 4 is 17.2 Å². The van der Waals surface area contributed by atoms with Crippen LogP contribution in [0.25, 0.3) is 0 Å². The number of aliphatic hydroxyl groups excluding tert-OH is 1. The molecule has 0 saturated heterocycles. The molecule has 0 aromatic heterocycles. The second kappa shape index (κ2) is 11.5. The molecule has 1 aliphatic carbocycles. The van der Waals surface area contributed by atoms with E-state index < -0.39 is 23.8 Å². The molecule has 33 heavy (non-hydrogen) atoms. The van der Waals surface area contributed by atoms with Crippen molar-refractivity contribution in [2.75, 3.05) is 6.54 Å². The summed E-state index contributed by atoms with van der Waals surface area (Å²) in [5.74, 6) is -0.801. The van der Waals surface area contributed by atoms with Crippen molar-refractivity contribution in [2.45, 2.75) is 82.9 Å². The van der Waals surface area contributed by atoms with E-state index in [0.717, 1.165) is 31.7 Å². The summed E-state index contributed by atoms with van der Waals surface area (Å²) in [6.07, 6.45) is 5.00. The van der Waals surface area contributed by atoms with E-state index in [1.54, 1.807) is 6.92 Å². The molecular weight excluding hydrogens is 438 g/mol. The molecule has 2 atom stereocenters. The standard InChI is InChI=1S/C27H36F2N2OS/c1-18(2)21-8-7-9-22(15-21)27(10-5-4-6-11-27)30-17-26(32)25(31-19(3)33)14-20-12-23(28)16-24(29)13-20/h7-9,12-13,15-16,18,25-26,30,32H,4-6,10-11,14,17H2,1-3H3,(H,31,33)/t25-,26+/m0/s1. The highest BCUT2D eigenvalue weighted by Crippen LogP contribution is 2.38. The number of benzene rings is 2. The van der Waals surface area contributed by atoms with E-state index in [9.17, 15) is 13.9 Å². The zero-order chi connectivity index (χ0) is 24.0. The van der Waals surface area contributed by atoms with Gasteiger partial charge in [0.2, 0.25) is 0 Å². The van der Waals surface area contributed by atoms with Crippen molar-refractivity contribution < 1.29 is 13.9 Å². The molecule has 1 fully saturated rings. The van der Waals surface area contributed by atoms with Crippen molar-refractivity contribution in [2.24, 2.45) is 0 Å². The maximum atomic E-state index is 13.7. The summed E-state index contributed by atoms with van der Waals surface area (Å²) in [5, 5.41) is 17.9. The largest absolute Gasteiger partial charge is 0.390 e. The Hall–Kier alpha value is -1.89. The summed E-state index contributed by atoms with van der Waals surface area (Å²) in [6.45, 7) is 6.49. The molecule has 0 amide bonds. The number of nitrogens with one attached hydrogen (secondary N) is 2. The third-order valence-electron chi connectivity index (χ3n) is 6.69. The van der Waals surface area contributed by atoms with Crippen LogP contribution >= 0.6 is 12.2 Å². The maximum Gasteiger partial charge on any atom is 0.126 e. The smallest absolute Gasteiger partial charge is 0.126 e. The predicted octanol–water partition coefficient (Wildman–Crippen LogP) is 5.75. The van der Waals surface area contributed by atoms with Crippen LogP contribution in [0, 0.1) is 11.6 Å². The lowest BCUT2D eigenvalue weighted by Crippen LogP contribution is -2.53. The lowest BCUT2D eigenvalue weighted by atomic mass is 9.75. The zero-order valence-electron chi connectivity index (χ0n) is 19.8. The van der Waals surface area contributed by atoms with E-state index >= 15 is 0 Å². The number of halogens is 2. The second-order valence-electron chi connectivity index (χ2n) is 9.66. The fraction of sp³-hybridized carbons (Fsp3) is 0.519. The van der Waals surface area contributed by atoms with Gasteiger partial charge < -0.3 is 15.7 Å². The monoisotopic (exact) mass is 474 g/mol. The van der Waals surface area contributed by atoms with Gasteiger partial charge in [-0.25, -0.2) is 8.78 Å². The van der Waals surface area contributed by atoms with E-state index in [4.69, 9.17) is 12.2 Å². The average Bonchev–Trinajstić information content (AvgIpc) is 2.77. The van der Waals surface area contributed by atoms with Gasteiger partial charge in [0, 0.05) is 18.2 Å². The van der Waals surface area contributed by atoms with E-state index in [2.05, 4.69) is 48.7 Å². The molecule has 6 heteroatoms. The first-order valence-corrected chi connectivity index (χ1v) is 12.3. The van der Waals surface area contributed by atoms with Crippen molar-refractivity contribution in [1.82, 2.24) is 10.6 Å². The highest BCUT2D eigenvalue weighted by atomic mass is 32.1. The van der Waals surface area contributed by atoms with Crippen LogP contribution in [0.1, 0.15) is 75.5 Å². The first kappa shape index (κ1) is 25.7. The van der Waals surface area contributed by atoms with Crippen LogP contribution in [0.15, 0.2) is 42.5 Å². The normalized spacial score (nSPS) is 17.5. The predicted molar refractivity (Wildman–Crippen MR) is 135 cm³/mol. The summed E-state index contributed by atoms with van der Waals surface area (Å²) in [7, 11) is 0. The fourth-order valence-corrected chi connectivity index (χ4v) is 5.04. The quantitative estimate of drug-likeness (QED) is 0.405. The molecule has 1 aliphatic rings. The maximum absolute atomic E-state index is 13.7. The summed E-state index contributed by atoms with van der Waals surface area (Å²) in [4.78, 5) is 0.535. The Morgan fingerprint density at radius 3 is 2.33 bits per heavy atom. The van der Waals surface area contributed by atoms with Gasteiger partial charge in [-0.2, -0.15) is 0 Å². The number of hydrogen-bond acceptors (Lipinski definition) is 3. The molecule has 0 radical (unpaired) electrons. The van der Waals surface area contributed by atoms with Crippen LogP contribution in [-0.4, -0.2) is 28.8 Å². The minimum absolute atomic E-state index is 0.188. The van der Waals surface area contributed by atoms with Crippen LogP contribution in [-0.2, 0) is 12.0 Å². The Labute approximate surface area is 202 Å². The lowest BCUT2D eigenvalue weighted by molar-refractivity contribution is 0.110. The Morgan fingerprint density at radius 1 is 1.06 bits per heavy atom. The summed E-state index contributed by atoms with van der Waals surface area (Å²) < 4.78 is 27.4. The summed E-state index contributed by atoms with van der Waals surface area (Å²) in [6, 6.07) is 11.8. The van der Waals surface area contributed by atoms with Gasteiger partial charge in [-0.15, -0.1) is 0 Å². The Morgan fingerprint density at radius 2 is 1.73 bits per heavy atom. The van der Waals surface area contributed by atoms with Crippen molar-refractivity contribution in [3.63, 3.8) is 0 Å². The van der Waals surface area contributed by atoms with Gasteiger partial charge in [0.1, 0.15) is 11.6 Å². The fourth-order valence-electron chi connectivity index (χ4n) is 4.89. The Bertz CT molecular complexity index is 923. The minimum atomic E-state index is -0.790. The topological polar surface area (TPSA) is 44.3 Å². The van der Waals surface area contributed by atoms with Crippen molar-refractivity contribution in [1.29, 1.82) is 0 Å². The first-order chi connectivity index (χ1) is 15.7. The zero-order valence-corrected chi connectivity index (χ0v) is 20.7. The molecule has 3 rings (SSSR count). The molecular formula is C27H36F2N2OS. The summed E-state index contributed by atoms with van der Waals surface area (Å²) >= 11 is 5.21. The molecule has 0 unspecified atom stereocenters. The molecule has 0 aliphatic heterocycles. The molecule has 1 saturated carbocycles. The lowest BCUT2D eigenvalue weighted by Gasteiger charge is -2.40. The molecule has 2 aromatic carbocycles. The van der Waals surface area contributed by atoms with E-state index in [-0.39, 0.29) is 12.0 Å². The van der Waals surface area contributed by atoms with Gasteiger partial charge in [-0.1, -0.05) is 69.6 Å². The van der Waals surface area contributed by atoms with Crippen LogP contribution < -0.4 is 10.6 Å². The van der Waals surface area contributed by atoms with Crippen LogP contribution in [0.4, 0.5) is 8.78 Å². The van der Waals surface area contributed by atoms with Gasteiger partial charge in [0.05, 0.1) is 17.1 Å². The van der Waals surface area contributed by atoms with Crippen molar-refractivity contribution in [3.05, 3.63) is 70.8 Å². The summed E-state index contributed by atoms with van der Waals surface area (Å²) in [5.41, 5.74) is 2.87. The molecule has 0 bridgehead atoms. The number of aliphatic hydroxyl groups is 1. The highest BCUT2D eigenvalue weighted by Gasteiger charge is 2.35. The second-order valence-corrected chi connectivity index (χ2v) is 10.3. The van der Waals surface area contributed by atoms with Gasteiger partial charge in [-0.05, 0) is 60.9 Å². The minimum Gasteiger partial charge on any atom is -0.390 e. The van der Waals surface area contributed by atoms with Crippen LogP contribution in [0.5, 0.6) is 0 Å². The van der Waals surface area contributed by atoms with Crippen molar-refractivity contribution in [3.8, 4) is 0 Å². The molecule has 3 N–H and O–H groups in total. The third kappa shape index (κ3) is 7.05. The Kier molecular flexibility index (Phi) is 8.96. The van der Waals surface area contributed by atoms with Gasteiger partial charge in [0.25, 0.3) is 0 Å². The van der Waals surface area contributed by atoms with Gasteiger partial charge >= 0.3 is 0 Å². The molecule has 0 heterocycles. The number of rotatable bonds is 9. The molecule has 180 valence electrons. The molecule has 0 spiro atoms. The first-order valence-electron chi connectivity index (χ1n) is 11.9. The van der Waals surface area contributed by atoms with Crippen LogP contribution in [0.2, 0.25) is 0 Å².